The van der Waals surface area contributed by atoms with Gasteiger partial charge in [0.15, 0.2) is 0 Å². The van der Waals surface area contributed by atoms with E-state index in [1.54, 1.807) is 30.1 Å². The molecule has 1 aromatic heterocycles. The lowest BCUT2D eigenvalue weighted by Crippen LogP contribution is -2.05. The molecule has 0 bridgehead atoms. The minimum Gasteiger partial charge on any atom is -0.497 e. The van der Waals surface area contributed by atoms with Gasteiger partial charge in [-0.2, -0.15) is 0 Å². The number of benzene rings is 2. The Morgan fingerprint density at radius 2 is 2.05 bits per heavy atom. The number of para-hydroxylation sites is 2. The summed E-state index contributed by atoms with van der Waals surface area (Å²) < 4.78 is 6.92. The van der Waals surface area contributed by atoms with E-state index in [0.717, 1.165) is 11.0 Å². The van der Waals surface area contributed by atoms with E-state index in [0.29, 0.717) is 11.4 Å². The molecule has 0 amide bonds. The molecule has 3 rings (SSSR count). The van der Waals surface area contributed by atoms with Crippen molar-refractivity contribution in [2.45, 2.75) is 0 Å². The van der Waals surface area contributed by atoms with Crippen molar-refractivity contribution in [3.8, 4) is 11.4 Å². The minimum atomic E-state index is -0.986. The van der Waals surface area contributed by atoms with Crippen LogP contribution in [-0.4, -0.2) is 27.7 Å². The van der Waals surface area contributed by atoms with Crippen molar-refractivity contribution in [2.75, 3.05) is 7.11 Å². The molecule has 0 unspecified atom stereocenters. The minimum absolute atomic E-state index is 0.203. The molecule has 3 aromatic rings. The summed E-state index contributed by atoms with van der Waals surface area (Å²) >= 11 is 0. The lowest BCUT2D eigenvalue weighted by Gasteiger charge is -2.10. The Morgan fingerprint density at radius 1 is 1.25 bits per heavy atom. The number of aromatic carboxylic acids is 1. The molecule has 0 aliphatic heterocycles. The first-order chi connectivity index (χ1) is 9.70. The van der Waals surface area contributed by atoms with Gasteiger partial charge < -0.3 is 9.84 Å². The molecule has 1 N–H and O–H groups in total. The molecule has 5 nitrogen and oxygen atoms in total. The fourth-order valence-corrected chi connectivity index (χ4v) is 2.17. The van der Waals surface area contributed by atoms with Crippen molar-refractivity contribution < 1.29 is 14.6 Å². The summed E-state index contributed by atoms with van der Waals surface area (Å²) in [7, 11) is 1.55. The van der Waals surface area contributed by atoms with Crippen LogP contribution < -0.4 is 4.74 Å². The van der Waals surface area contributed by atoms with Gasteiger partial charge in [0, 0.05) is 6.07 Å². The van der Waals surface area contributed by atoms with Gasteiger partial charge in [-0.3, -0.25) is 4.57 Å². The first kappa shape index (κ1) is 12.2. The van der Waals surface area contributed by atoms with Crippen LogP contribution in [0.4, 0.5) is 0 Å². The highest BCUT2D eigenvalue weighted by Crippen LogP contribution is 2.25. The fraction of sp³-hybridized carbons (Fsp3) is 0.0667. The molecule has 0 saturated carbocycles. The SMILES string of the molecule is COc1ccc(C(=O)O)c(-n2cnc3ccccc32)c1. The number of fused-ring (bicyclic) bond motifs is 1. The van der Waals surface area contributed by atoms with Crippen LogP contribution in [-0.2, 0) is 0 Å². The summed E-state index contributed by atoms with van der Waals surface area (Å²) in [6.07, 6.45) is 1.62. The molecule has 0 radical (unpaired) electrons. The molecule has 0 fully saturated rings. The largest absolute Gasteiger partial charge is 0.497 e. The van der Waals surface area contributed by atoms with E-state index in [2.05, 4.69) is 4.98 Å². The van der Waals surface area contributed by atoms with Crippen molar-refractivity contribution >= 4 is 17.0 Å². The number of carboxylic acids is 1. The Hall–Kier alpha value is -2.82. The number of hydrogen-bond acceptors (Lipinski definition) is 3. The molecule has 0 aliphatic carbocycles. The summed E-state index contributed by atoms with van der Waals surface area (Å²) in [6, 6.07) is 12.4. The van der Waals surface area contributed by atoms with Crippen molar-refractivity contribution in [1.82, 2.24) is 9.55 Å². The molecule has 100 valence electrons. The fourth-order valence-electron chi connectivity index (χ4n) is 2.17. The number of carbonyl (C=O) groups is 1. The third kappa shape index (κ3) is 1.89. The van der Waals surface area contributed by atoms with E-state index in [4.69, 9.17) is 4.74 Å². The standard InChI is InChI=1S/C15H12N2O3/c1-20-10-6-7-11(15(18)19)14(8-10)17-9-16-12-4-2-3-5-13(12)17/h2-9H,1H3,(H,18,19). The zero-order valence-electron chi connectivity index (χ0n) is 10.8. The first-order valence-corrected chi connectivity index (χ1v) is 6.04. The molecule has 5 heteroatoms. The van der Waals surface area contributed by atoms with E-state index < -0.39 is 5.97 Å². The van der Waals surface area contributed by atoms with Gasteiger partial charge in [0.05, 0.1) is 29.4 Å². The summed E-state index contributed by atoms with van der Waals surface area (Å²) in [5, 5.41) is 9.33. The second-order valence-electron chi connectivity index (χ2n) is 4.29. The maximum Gasteiger partial charge on any atom is 0.337 e. The third-order valence-electron chi connectivity index (χ3n) is 3.15. The van der Waals surface area contributed by atoms with Gasteiger partial charge in [-0.25, -0.2) is 9.78 Å². The van der Waals surface area contributed by atoms with Crippen molar-refractivity contribution in [3.63, 3.8) is 0 Å². The molecule has 0 spiro atoms. The predicted octanol–water partition coefficient (Wildman–Crippen LogP) is 2.73. The summed E-state index contributed by atoms with van der Waals surface area (Å²) in [5.74, 6) is -0.386. The van der Waals surface area contributed by atoms with Crippen LogP contribution in [0.25, 0.3) is 16.7 Å². The first-order valence-electron chi connectivity index (χ1n) is 6.04. The number of nitrogens with zero attached hydrogens (tertiary/aromatic N) is 2. The van der Waals surface area contributed by atoms with Gasteiger partial charge in [-0.1, -0.05) is 12.1 Å². The number of carboxylic acid groups (broad SMARTS) is 1. The van der Waals surface area contributed by atoms with E-state index in [1.807, 2.05) is 24.3 Å². The van der Waals surface area contributed by atoms with Crippen LogP contribution in [0, 0.1) is 0 Å². The molecule has 1 heterocycles. The van der Waals surface area contributed by atoms with Crippen molar-refractivity contribution in [3.05, 3.63) is 54.4 Å². The summed E-state index contributed by atoms with van der Waals surface area (Å²) in [6.45, 7) is 0. The monoisotopic (exact) mass is 268 g/mol. The highest BCUT2D eigenvalue weighted by molar-refractivity contribution is 5.93. The van der Waals surface area contributed by atoms with E-state index >= 15 is 0 Å². The molecule has 2 aromatic carbocycles. The van der Waals surface area contributed by atoms with Gasteiger partial charge in [-0.15, -0.1) is 0 Å². The number of rotatable bonds is 3. The van der Waals surface area contributed by atoms with E-state index in [-0.39, 0.29) is 5.56 Å². The molecule has 0 aliphatic rings. The lowest BCUT2D eigenvalue weighted by molar-refractivity contribution is 0.0697. The van der Waals surface area contributed by atoms with Crippen molar-refractivity contribution in [2.24, 2.45) is 0 Å². The molecular weight excluding hydrogens is 256 g/mol. The average Bonchev–Trinajstić information content (AvgIpc) is 2.90. The van der Waals surface area contributed by atoms with Gasteiger partial charge >= 0.3 is 5.97 Å². The lowest BCUT2D eigenvalue weighted by atomic mass is 10.1. The van der Waals surface area contributed by atoms with Crippen LogP contribution >= 0.6 is 0 Å². The number of ether oxygens (including phenoxy) is 1. The van der Waals surface area contributed by atoms with Gasteiger partial charge in [0.25, 0.3) is 0 Å². The Labute approximate surface area is 115 Å². The van der Waals surface area contributed by atoms with E-state index in [9.17, 15) is 9.90 Å². The normalized spacial score (nSPS) is 10.7. The van der Waals surface area contributed by atoms with Gasteiger partial charge in [0.2, 0.25) is 0 Å². The number of imidazole rings is 1. The summed E-state index contributed by atoms with van der Waals surface area (Å²) in [4.78, 5) is 15.7. The number of methoxy groups -OCH3 is 1. The maximum atomic E-state index is 11.4. The van der Waals surface area contributed by atoms with Crippen LogP contribution in [0.5, 0.6) is 5.75 Å². The van der Waals surface area contributed by atoms with Crippen LogP contribution in [0.3, 0.4) is 0 Å². The Balaban J connectivity index is 2.29. The molecular formula is C15H12N2O3. The predicted molar refractivity (Wildman–Crippen MR) is 74.6 cm³/mol. The van der Waals surface area contributed by atoms with Crippen LogP contribution in [0.15, 0.2) is 48.8 Å². The van der Waals surface area contributed by atoms with Crippen molar-refractivity contribution in [1.29, 1.82) is 0 Å². The topological polar surface area (TPSA) is 64.3 Å². The second kappa shape index (κ2) is 4.70. The van der Waals surface area contributed by atoms with Crippen LogP contribution in [0.1, 0.15) is 10.4 Å². The average molecular weight is 268 g/mol. The van der Waals surface area contributed by atoms with Gasteiger partial charge in [0.1, 0.15) is 12.1 Å². The van der Waals surface area contributed by atoms with E-state index in [1.165, 1.54) is 6.07 Å². The maximum absolute atomic E-state index is 11.4. The smallest absolute Gasteiger partial charge is 0.337 e. The van der Waals surface area contributed by atoms with Crippen LogP contribution in [0.2, 0.25) is 0 Å². The Bertz CT molecular complexity index is 793. The third-order valence-corrected chi connectivity index (χ3v) is 3.15. The Kier molecular flexibility index (Phi) is 2.87. The summed E-state index contributed by atoms with van der Waals surface area (Å²) in [5.41, 5.74) is 2.40. The highest BCUT2D eigenvalue weighted by Gasteiger charge is 2.14. The Morgan fingerprint density at radius 3 is 2.80 bits per heavy atom. The second-order valence-corrected chi connectivity index (χ2v) is 4.29. The zero-order valence-corrected chi connectivity index (χ0v) is 10.8. The highest BCUT2D eigenvalue weighted by atomic mass is 16.5. The number of aromatic nitrogens is 2. The number of hydrogen-bond donors (Lipinski definition) is 1. The zero-order chi connectivity index (χ0) is 14.1. The quantitative estimate of drug-likeness (QED) is 0.793. The molecule has 0 saturated heterocycles. The van der Waals surface area contributed by atoms with Gasteiger partial charge in [-0.05, 0) is 24.3 Å². The molecule has 0 atom stereocenters. The molecule has 20 heavy (non-hydrogen) atoms.